The summed E-state index contributed by atoms with van der Waals surface area (Å²) in [5, 5.41) is 12.5. The molecular formula is C25H24FN2O5P. The van der Waals surface area contributed by atoms with Crippen LogP contribution in [0.2, 0.25) is 0 Å². The summed E-state index contributed by atoms with van der Waals surface area (Å²) in [5.41, 5.74) is 2.09. The molecule has 0 atom stereocenters. The number of nitro benzene ring substituents is 1. The first kappa shape index (κ1) is 23.8. The highest BCUT2D eigenvalue weighted by molar-refractivity contribution is 7.62. The number of nitro groups is 1. The molecule has 0 saturated heterocycles. The lowest BCUT2D eigenvalue weighted by Crippen LogP contribution is -2.21. The second-order valence-electron chi connectivity index (χ2n) is 7.57. The van der Waals surface area contributed by atoms with Crippen LogP contribution >= 0.6 is 7.60 Å². The maximum Gasteiger partial charge on any atom is 0.378 e. The van der Waals surface area contributed by atoms with Crippen molar-refractivity contribution in [1.82, 2.24) is 4.57 Å². The Balaban J connectivity index is 2.12. The van der Waals surface area contributed by atoms with Crippen LogP contribution in [0, 0.1) is 15.9 Å². The number of non-ortho nitro benzene ring substituents is 1. The van der Waals surface area contributed by atoms with Crippen molar-refractivity contribution < 1.29 is 22.9 Å². The molecule has 0 aliphatic rings. The molecule has 0 aliphatic carbocycles. The maximum atomic E-state index is 14.4. The van der Waals surface area contributed by atoms with Crippen LogP contribution in [-0.2, 0) is 20.0 Å². The first-order chi connectivity index (χ1) is 16.4. The minimum absolute atomic E-state index is 0.0994. The average Bonchev–Trinajstić information content (AvgIpc) is 3.14. The van der Waals surface area contributed by atoms with Crippen LogP contribution in [0.3, 0.4) is 0 Å². The zero-order valence-corrected chi connectivity index (χ0v) is 19.7. The fourth-order valence-electron chi connectivity index (χ4n) is 4.08. The minimum Gasteiger partial charge on any atom is -0.305 e. The second kappa shape index (κ2) is 9.89. The third-order valence-electron chi connectivity index (χ3n) is 5.39. The van der Waals surface area contributed by atoms with Crippen LogP contribution in [0.25, 0.3) is 16.5 Å². The van der Waals surface area contributed by atoms with E-state index in [1.807, 2.05) is 30.3 Å². The van der Waals surface area contributed by atoms with E-state index in [9.17, 15) is 19.1 Å². The van der Waals surface area contributed by atoms with Crippen LogP contribution in [0.5, 0.6) is 0 Å². The molecule has 0 aliphatic heterocycles. The number of rotatable bonds is 9. The summed E-state index contributed by atoms with van der Waals surface area (Å²) < 4.78 is 41.5. The molecule has 0 spiro atoms. The van der Waals surface area contributed by atoms with Gasteiger partial charge in [-0.05, 0) is 43.7 Å². The van der Waals surface area contributed by atoms with Gasteiger partial charge in [-0.1, -0.05) is 36.4 Å². The van der Waals surface area contributed by atoms with Gasteiger partial charge in [0.15, 0.2) is 0 Å². The van der Waals surface area contributed by atoms with Crippen LogP contribution < -0.4 is 5.44 Å². The summed E-state index contributed by atoms with van der Waals surface area (Å²) in [4.78, 5) is 11.0. The molecule has 0 unspecified atom stereocenters. The van der Waals surface area contributed by atoms with Gasteiger partial charge in [-0.2, -0.15) is 0 Å². The van der Waals surface area contributed by atoms with Gasteiger partial charge in [0, 0.05) is 35.0 Å². The predicted octanol–water partition coefficient (Wildman–Crippen LogP) is 6.16. The van der Waals surface area contributed by atoms with Crippen LogP contribution in [0.15, 0.2) is 72.8 Å². The Morgan fingerprint density at radius 3 is 2.29 bits per heavy atom. The summed E-state index contributed by atoms with van der Waals surface area (Å²) in [6, 6.07) is 19.9. The van der Waals surface area contributed by atoms with E-state index in [4.69, 9.17) is 9.05 Å². The summed E-state index contributed by atoms with van der Waals surface area (Å²) in [6.07, 6.45) is 0.407. The second-order valence-corrected chi connectivity index (χ2v) is 9.50. The maximum absolute atomic E-state index is 14.4. The predicted molar refractivity (Wildman–Crippen MR) is 130 cm³/mol. The standard InChI is InChI=1S/C25H24FN2O5P/c1-3-32-34(31,33-4-2)25-23-16-19(26)13-14-22(23)24(15-18-9-6-5-7-10-18)27(25)20-11-8-12-21(17-20)28(29)30/h5-14,16-17H,3-4,15H2,1-2H3. The van der Waals surface area contributed by atoms with Gasteiger partial charge < -0.3 is 13.6 Å². The van der Waals surface area contributed by atoms with E-state index in [2.05, 4.69) is 0 Å². The van der Waals surface area contributed by atoms with Crippen molar-refractivity contribution in [2.75, 3.05) is 13.2 Å². The molecule has 0 N–H and O–H groups in total. The van der Waals surface area contributed by atoms with Crippen LogP contribution in [0.4, 0.5) is 10.1 Å². The normalized spacial score (nSPS) is 11.7. The van der Waals surface area contributed by atoms with E-state index in [0.29, 0.717) is 28.6 Å². The molecule has 7 nitrogen and oxygen atoms in total. The first-order valence-corrected chi connectivity index (χ1v) is 12.4. The van der Waals surface area contributed by atoms with Gasteiger partial charge >= 0.3 is 7.60 Å². The van der Waals surface area contributed by atoms with E-state index >= 15 is 0 Å². The average molecular weight is 482 g/mol. The van der Waals surface area contributed by atoms with Gasteiger partial charge in [-0.25, -0.2) is 4.39 Å². The molecule has 176 valence electrons. The number of nitrogens with zero attached hydrogens (tertiary/aromatic N) is 2. The third kappa shape index (κ3) is 4.53. The Kier molecular flexibility index (Phi) is 6.93. The lowest BCUT2D eigenvalue weighted by Gasteiger charge is -2.21. The van der Waals surface area contributed by atoms with Crippen molar-refractivity contribution in [3.05, 3.63) is 100.0 Å². The number of halogens is 1. The molecular weight excluding hydrogens is 458 g/mol. The van der Waals surface area contributed by atoms with Crippen molar-refractivity contribution >= 4 is 29.5 Å². The Morgan fingerprint density at radius 1 is 0.941 bits per heavy atom. The van der Waals surface area contributed by atoms with Gasteiger partial charge in [0.25, 0.3) is 5.69 Å². The Bertz CT molecular complexity index is 1380. The molecule has 0 amide bonds. The lowest BCUT2D eigenvalue weighted by atomic mass is 10.1. The molecule has 0 fully saturated rings. The van der Waals surface area contributed by atoms with Crippen molar-refractivity contribution in [3.8, 4) is 5.69 Å². The van der Waals surface area contributed by atoms with Gasteiger partial charge in [0.1, 0.15) is 11.3 Å². The van der Waals surface area contributed by atoms with E-state index in [0.717, 1.165) is 5.56 Å². The molecule has 1 aromatic heterocycles. The highest BCUT2D eigenvalue weighted by Crippen LogP contribution is 2.50. The zero-order valence-electron chi connectivity index (χ0n) is 18.8. The zero-order chi connectivity index (χ0) is 24.3. The molecule has 0 saturated carbocycles. The van der Waals surface area contributed by atoms with Gasteiger partial charge in [-0.15, -0.1) is 0 Å². The third-order valence-corrected chi connectivity index (χ3v) is 7.54. The fourth-order valence-corrected chi connectivity index (χ4v) is 6.04. The summed E-state index contributed by atoms with van der Waals surface area (Å²) >= 11 is 0. The van der Waals surface area contributed by atoms with E-state index in [1.54, 1.807) is 36.6 Å². The largest absolute Gasteiger partial charge is 0.378 e. The van der Waals surface area contributed by atoms with Crippen molar-refractivity contribution in [2.24, 2.45) is 0 Å². The smallest absolute Gasteiger partial charge is 0.305 e. The fraction of sp³-hybridized carbons (Fsp3) is 0.200. The van der Waals surface area contributed by atoms with Crippen molar-refractivity contribution in [3.63, 3.8) is 0 Å². The highest BCUT2D eigenvalue weighted by atomic mass is 31.2. The quantitative estimate of drug-likeness (QED) is 0.162. The summed E-state index contributed by atoms with van der Waals surface area (Å²) in [5.74, 6) is -0.504. The molecule has 3 aromatic carbocycles. The number of aromatic nitrogens is 1. The minimum atomic E-state index is -3.94. The van der Waals surface area contributed by atoms with E-state index in [1.165, 1.54) is 24.3 Å². The summed E-state index contributed by atoms with van der Waals surface area (Å²) in [6.45, 7) is 3.59. The summed E-state index contributed by atoms with van der Waals surface area (Å²) in [7, 11) is -3.94. The first-order valence-electron chi connectivity index (χ1n) is 10.9. The van der Waals surface area contributed by atoms with Crippen LogP contribution in [-0.4, -0.2) is 22.7 Å². The molecule has 1 heterocycles. The number of benzene rings is 3. The lowest BCUT2D eigenvalue weighted by molar-refractivity contribution is -0.384. The number of hydrogen-bond acceptors (Lipinski definition) is 5. The molecule has 0 bridgehead atoms. The molecule has 34 heavy (non-hydrogen) atoms. The van der Waals surface area contributed by atoms with Gasteiger partial charge in [-0.3, -0.25) is 14.7 Å². The Labute approximate surface area is 196 Å². The molecule has 9 heteroatoms. The highest BCUT2D eigenvalue weighted by Gasteiger charge is 2.36. The molecule has 4 aromatic rings. The Morgan fingerprint density at radius 2 is 1.65 bits per heavy atom. The number of hydrogen-bond donors (Lipinski definition) is 0. The monoisotopic (exact) mass is 482 g/mol. The number of fused-ring (bicyclic) bond motifs is 1. The van der Waals surface area contributed by atoms with Crippen LogP contribution in [0.1, 0.15) is 25.1 Å². The van der Waals surface area contributed by atoms with E-state index < -0.39 is 18.3 Å². The van der Waals surface area contributed by atoms with Gasteiger partial charge in [0.05, 0.1) is 23.8 Å². The van der Waals surface area contributed by atoms with E-state index in [-0.39, 0.29) is 24.3 Å². The topological polar surface area (TPSA) is 83.6 Å². The SMILES string of the molecule is CCOP(=O)(OCC)c1c2cc(F)ccc2c(Cc2ccccc2)n1-c1cccc([N+](=O)[O-])c1. The van der Waals surface area contributed by atoms with Crippen molar-refractivity contribution in [2.45, 2.75) is 20.3 Å². The molecule has 4 rings (SSSR count). The van der Waals surface area contributed by atoms with Crippen molar-refractivity contribution in [1.29, 1.82) is 0 Å². The Hall–Kier alpha value is -3.32. The van der Waals surface area contributed by atoms with Gasteiger partial charge in [0.2, 0.25) is 0 Å². The molecule has 0 radical (unpaired) electrons.